The van der Waals surface area contributed by atoms with Crippen molar-refractivity contribution in [2.75, 3.05) is 26.2 Å². The maximum Gasteiger partial charge on any atom is 0.416 e. The molecule has 8 heteroatoms. The third-order valence-electron chi connectivity index (χ3n) is 6.93. The molecule has 0 aromatic heterocycles. The summed E-state index contributed by atoms with van der Waals surface area (Å²) in [5.41, 5.74) is 0.684. The molecular formula is C30H31F5N2O. The van der Waals surface area contributed by atoms with Gasteiger partial charge in [-0.1, -0.05) is 50.2 Å². The van der Waals surface area contributed by atoms with Gasteiger partial charge in [0.1, 0.15) is 11.6 Å². The van der Waals surface area contributed by atoms with Crippen LogP contribution in [0.1, 0.15) is 46.8 Å². The van der Waals surface area contributed by atoms with Crippen molar-refractivity contribution in [1.29, 1.82) is 0 Å². The van der Waals surface area contributed by atoms with Crippen LogP contribution in [-0.2, 0) is 12.7 Å². The Hall–Kier alpha value is -3.26. The van der Waals surface area contributed by atoms with E-state index in [1.165, 1.54) is 42.5 Å². The Kier molecular flexibility index (Phi) is 8.51. The van der Waals surface area contributed by atoms with Gasteiger partial charge in [0.05, 0.1) is 5.56 Å². The predicted octanol–water partition coefficient (Wildman–Crippen LogP) is 7.00. The van der Waals surface area contributed by atoms with Gasteiger partial charge in [0.25, 0.3) is 5.91 Å². The lowest BCUT2D eigenvalue weighted by Crippen LogP contribution is -2.39. The van der Waals surface area contributed by atoms with Crippen LogP contribution in [0.4, 0.5) is 22.0 Å². The number of carbonyl (C=O) groups excluding carboxylic acids is 1. The van der Waals surface area contributed by atoms with Crippen molar-refractivity contribution in [3.8, 4) is 0 Å². The Labute approximate surface area is 219 Å². The number of benzene rings is 3. The highest BCUT2D eigenvalue weighted by molar-refractivity contribution is 5.94. The van der Waals surface area contributed by atoms with Gasteiger partial charge in [0.15, 0.2) is 0 Å². The second-order valence-electron chi connectivity index (χ2n) is 10.4. The average Bonchev–Trinajstić information content (AvgIpc) is 3.26. The SMILES string of the molecule is CC(C)CN(C[C@H]1CN(Cc2ccccc2F)C[C@@H]1c1cccc(C(F)(F)F)c1)C(=O)c1ccc(F)cc1. The number of amides is 1. The van der Waals surface area contributed by atoms with Crippen LogP contribution in [0.3, 0.4) is 0 Å². The molecule has 202 valence electrons. The van der Waals surface area contributed by atoms with Crippen LogP contribution in [0.15, 0.2) is 72.8 Å². The zero-order valence-corrected chi connectivity index (χ0v) is 21.4. The number of likely N-dealkylation sites (tertiary alicyclic amines) is 1. The van der Waals surface area contributed by atoms with E-state index in [1.807, 2.05) is 18.7 Å². The third kappa shape index (κ3) is 6.78. The predicted molar refractivity (Wildman–Crippen MR) is 136 cm³/mol. The van der Waals surface area contributed by atoms with E-state index in [1.54, 1.807) is 29.2 Å². The summed E-state index contributed by atoms with van der Waals surface area (Å²) in [6.07, 6.45) is -4.47. The fourth-order valence-electron chi connectivity index (χ4n) is 5.20. The third-order valence-corrected chi connectivity index (χ3v) is 6.93. The zero-order valence-electron chi connectivity index (χ0n) is 21.4. The molecule has 1 aliphatic rings. The van der Waals surface area contributed by atoms with Crippen LogP contribution >= 0.6 is 0 Å². The Morgan fingerprint density at radius 1 is 0.974 bits per heavy atom. The van der Waals surface area contributed by atoms with Gasteiger partial charge < -0.3 is 4.90 Å². The molecule has 1 heterocycles. The molecule has 0 spiro atoms. The second-order valence-corrected chi connectivity index (χ2v) is 10.4. The number of hydrogen-bond donors (Lipinski definition) is 0. The summed E-state index contributed by atoms with van der Waals surface area (Å²) in [6.45, 7) is 5.94. The smallest absolute Gasteiger partial charge is 0.338 e. The van der Waals surface area contributed by atoms with E-state index in [4.69, 9.17) is 0 Å². The van der Waals surface area contributed by atoms with Crippen LogP contribution in [0.5, 0.6) is 0 Å². The molecule has 38 heavy (non-hydrogen) atoms. The molecule has 1 aliphatic heterocycles. The molecule has 1 amide bonds. The molecule has 0 unspecified atom stereocenters. The lowest BCUT2D eigenvalue weighted by molar-refractivity contribution is -0.137. The topological polar surface area (TPSA) is 23.6 Å². The molecule has 3 nitrogen and oxygen atoms in total. The maximum absolute atomic E-state index is 14.4. The molecule has 0 radical (unpaired) electrons. The molecule has 1 fully saturated rings. The quantitative estimate of drug-likeness (QED) is 0.293. The minimum atomic E-state index is -4.47. The summed E-state index contributed by atoms with van der Waals surface area (Å²) in [7, 11) is 0. The average molecular weight is 531 g/mol. The van der Waals surface area contributed by atoms with Crippen LogP contribution in [0.2, 0.25) is 0 Å². The number of rotatable bonds is 8. The number of alkyl halides is 3. The summed E-state index contributed by atoms with van der Waals surface area (Å²) in [6, 6.07) is 17.1. The lowest BCUT2D eigenvalue weighted by Gasteiger charge is -2.30. The van der Waals surface area contributed by atoms with Crippen molar-refractivity contribution in [2.24, 2.45) is 11.8 Å². The maximum atomic E-state index is 14.4. The van der Waals surface area contributed by atoms with Gasteiger partial charge in [-0.05, 0) is 53.8 Å². The number of carbonyl (C=O) groups is 1. The molecule has 0 N–H and O–H groups in total. The van der Waals surface area contributed by atoms with Gasteiger partial charge in [-0.15, -0.1) is 0 Å². The Bertz CT molecular complexity index is 1240. The van der Waals surface area contributed by atoms with Crippen LogP contribution in [-0.4, -0.2) is 41.9 Å². The molecule has 0 aliphatic carbocycles. The van der Waals surface area contributed by atoms with Crippen molar-refractivity contribution in [2.45, 2.75) is 32.5 Å². The molecule has 3 aromatic carbocycles. The minimum absolute atomic E-state index is 0.141. The van der Waals surface area contributed by atoms with E-state index in [2.05, 4.69) is 0 Å². The fraction of sp³-hybridized carbons (Fsp3) is 0.367. The van der Waals surface area contributed by atoms with Gasteiger partial charge in [0, 0.05) is 49.8 Å². The van der Waals surface area contributed by atoms with E-state index < -0.39 is 17.6 Å². The monoisotopic (exact) mass is 530 g/mol. The van der Waals surface area contributed by atoms with E-state index in [0.717, 1.165) is 6.07 Å². The Morgan fingerprint density at radius 3 is 2.34 bits per heavy atom. The highest BCUT2D eigenvalue weighted by Gasteiger charge is 2.38. The van der Waals surface area contributed by atoms with Crippen LogP contribution in [0.25, 0.3) is 0 Å². The van der Waals surface area contributed by atoms with Crippen molar-refractivity contribution >= 4 is 5.91 Å². The summed E-state index contributed by atoms with van der Waals surface area (Å²) < 4.78 is 68.4. The van der Waals surface area contributed by atoms with Crippen molar-refractivity contribution in [1.82, 2.24) is 9.80 Å². The Morgan fingerprint density at radius 2 is 1.68 bits per heavy atom. The number of halogens is 5. The molecule has 0 bridgehead atoms. The first kappa shape index (κ1) is 27.8. The van der Waals surface area contributed by atoms with E-state index >= 15 is 0 Å². The molecule has 1 saturated heterocycles. The van der Waals surface area contributed by atoms with Gasteiger partial charge in [-0.25, -0.2) is 8.78 Å². The van der Waals surface area contributed by atoms with Gasteiger partial charge in [-0.3, -0.25) is 9.69 Å². The van der Waals surface area contributed by atoms with Crippen molar-refractivity contribution in [3.63, 3.8) is 0 Å². The lowest BCUT2D eigenvalue weighted by atomic mass is 9.87. The second kappa shape index (κ2) is 11.6. The van der Waals surface area contributed by atoms with Gasteiger partial charge in [-0.2, -0.15) is 13.2 Å². The standard InChI is InChI=1S/C30H31F5N2O/c1-20(2)15-37(29(38)21-10-12-26(31)13-11-21)18-24-17-36(16-23-6-3-4-9-28(23)32)19-27(24)22-7-5-8-25(14-22)30(33,34)35/h3-14,20,24,27H,15-19H2,1-2H3/t24-,27-/m1/s1. The summed E-state index contributed by atoms with van der Waals surface area (Å²) in [5.74, 6) is -1.37. The van der Waals surface area contributed by atoms with Gasteiger partial charge >= 0.3 is 6.18 Å². The van der Waals surface area contributed by atoms with Gasteiger partial charge in [0.2, 0.25) is 0 Å². The number of hydrogen-bond acceptors (Lipinski definition) is 2. The molecule has 0 saturated carbocycles. The first-order valence-corrected chi connectivity index (χ1v) is 12.7. The first-order valence-electron chi connectivity index (χ1n) is 12.7. The highest BCUT2D eigenvalue weighted by Crippen LogP contribution is 2.37. The summed E-state index contributed by atoms with van der Waals surface area (Å²) >= 11 is 0. The van der Waals surface area contributed by atoms with Crippen LogP contribution < -0.4 is 0 Å². The molecule has 2 atom stereocenters. The van der Waals surface area contributed by atoms with Crippen molar-refractivity contribution < 1.29 is 26.7 Å². The van der Waals surface area contributed by atoms with E-state index in [9.17, 15) is 26.7 Å². The zero-order chi connectivity index (χ0) is 27.4. The summed E-state index contributed by atoms with van der Waals surface area (Å²) in [4.78, 5) is 17.2. The highest BCUT2D eigenvalue weighted by atomic mass is 19.4. The van der Waals surface area contributed by atoms with Crippen molar-refractivity contribution in [3.05, 3.63) is 107 Å². The molecule has 3 aromatic rings. The Balaban J connectivity index is 1.64. The van der Waals surface area contributed by atoms with Crippen LogP contribution in [0, 0.1) is 23.5 Å². The normalized spacial score (nSPS) is 18.2. The largest absolute Gasteiger partial charge is 0.416 e. The number of nitrogens with zero attached hydrogens (tertiary/aromatic N) is 2. The first-order chi connectivity index (χ1) is 18.0. The van der Waals surface area contributed by atoms with E-state index in [-0.39, 0.29) is 29.5 Å². The molecule has 4 rings (SSSR count). The van der Waals surface area contributed by atoms with E-state index in [0.29, 0.717) is 49.4 Å². The molecular weight excluding hydrogens is 499 g/mol. The minimum Gasteiger partial charge on any atom is -0.338 e. The summed E-state index contributed by atoms with van der Waals surface area (Å²) in [5, 5.41) is 0. The fourth-order valence-corrected chi connectivity index (χ4v) is 5.20.